The van der Waals surface area contributed by atoms with Crippen LogP contribution >= 0.6 is 0 Å². The van der Waals surface area contributed by atoms with Crippen molar-refractivity contribution < 1.29 is 30.2 Å². The van der Waals surface area contributed by atoms with Crippen LogP contribution in [0.2, 0.25) is 0 Å². The van der Waals surface area contributed by atoms with Gasteiger partial charge < -0.3 is 11.1 Å². The number of aromatic carboxylic acids is 1. The molecule has 0 amide bonds. The average Bonchev–Trinajstić information content (AvgIpc) is 2.56. The van der Waals surface area contributed by atoms with E-state index in [-0.39, 0.29) is 26.0 Å². The average molecular weight is 224 g/mol. The minimum atomic E-state index is -0.990. The van der Waals surface area contributed by atoms with Crippen molar-refractivity contribution in [3.63, 3.8) is 0 Å². The zero-order valence-electron chi connectivity index (χ0n) is 11.1. The van der Waals surface area contributed by atoms with E-state index in [4.69, 9.17) is 5.11 Å². The first-order valence-corrected chi connectivity index (χ1v) is 4.96. The third kappa shape index (κ3) is 2.43. The Morgan fingerprint density at radius 3 is 2.35 bits per heavy atom. The third-order valence-corrected chi connectivity index (χ3v) is 2.49. The van der Waals surface area contributed by atoms with Gasteiger partial charge in [-0.25, -0.2) is 9.78 Å². The van der Waals surface area contributed by atoms with Crippen LogP contribution in [0.5, 0.6) is 0 Å². The summed E-state index contributed by atoms with van der Waals surface area (Å²) in [6.07, 6.45) is 0. The summed E-state index contributed by atoms with van der Waals surface area (Å²) in [6, 6.07) is 9.59. The van der Waals surface area contributed by atoms with Gasteiger partial charge >= 0.3 is 24.8 Å². The second kappa shape index (κ2) is 5.22. The number of hydrogen-bond donors (Lipinski definition) is 1. The quantitative estimate of drug-likeness (QED) is 0.686. The van der Waals surface area contributed by atoms with Crippen molar-refractivity contribution in [3.8, 4) is 5.69 Å². The summed E-state index contributed by atoms with van der Waals surface area (Å²) >= 11 is 0. The van der Waals surface area contributed by atoms with E-state index >= 15 is 0 Å². The van der Waals surface area contributed by atoms with Gasteiger partial charge in [0.05, 0.1) is 5.69 Å². The number of para-hydroxylation sites is 1. The maximum atomic E-state index is 10.9. The number of benzene rings is 1. The molecule has 17 heavy (non-hydrogen) atoms. The Kier molecular flexibility index (Phi) is 4.16. The van der Waals surface area contributed by atoms with Crippen LogP contribution in [0.3, 0.4) is 0 Å². The molecule has 1 N–H and O–H groups in total. The molecule has 84 valence electrons. The second-order valence-corrected chi connectivity index (χ2v) is 3.57. The molecule has 0 spiro atoms. The van der Waals surface area contributed by atoms with Gasteiger partial charge in [-0.1, -0.05) is 18.2 Å². The van der Waals surface area contributed by atoms with Gasteiger partial charge in [0.2, 0.25) is 0 Å². The molecule has 0 unspecified atom stereocenters. The van der Waals surface area contributed by atoms with Gasteiger partial charge in [0, 0.05) is 5.69 Å². The summed E-state index contributed by atoms with van der Waals surface area (Å²) < 4.78 is 1.84. The number of nitrogens with zero attached hydrogens (tertiary/aromatic N) is 2. The van der Waals surface area contributed by atoms with Crippen LogP contribution in [0, 0.1) is 13.8 Å². The molecule has 0 saturated carbocycles. The summed E-state index contributed by atoms with van der Waals surface area (Å²) in [6.45, 7) is 3.56. The fraction of sp³-hybridized carbons (Fsp3) is 0.167. The summed E-state index contributed by atoms with van der Waals surface area (Å²) in [7, 11) is 0. The third-order valence-electron chi connectivity index (χ3n) is 2.49. The number of aryl methyl sites for hydroxylation is 1. The predicted molar refractivity (Wildman–Crippen MR) is 61.1 cm³/mol. The van der Waals surface area contributed by atoms with Crippen LogP contribution in [-0.2, 0) is 0 Å². The topological polar surface area (TPSA) is 55.1 Å². The molecule has 0 bridgehead atoms. The van der Waals surface area contributed by atoms with Crippen LogP contribution in [0.15, 0.2) is 30.3 Å². The number of rotatable bonds is 2. The molecular weight excluding hydrogens is 211 g/mol. The molecule has 0 aliphatic rings. The van der Waals surface area contributed by atoms with Crippen molar-refractivity contribution in [1.29, 1.82) is 0 Å². The fourth-order valence-corrected chi connectivity index (χ4v) is 1.80. The molecule has 0 radical (unpaired) electrons. The van der Waals surface area contributed by atoms with Crippen molar-refractivity contribution in [2.75, 3.05) is 0 Å². The Bertz CT molecular complexity index is 541. The molecule has 0 atom stereocenters. The van der Waals surface area contributed by atoms with Crippen LogP contribution in [0.4, 0.5) is 0 Å². The van der Waals surface area contributed by atoms with Crippen molar-refractivity contribution in [2.24, 2.45) is 0 Å². The Balaban J connectivity index is 0.00000144. The number of hydrogen-bond acceptors (Lipinski definition) is 2. The first-order chi connectivity index (χ1) is 7.61. The summed E-state index contributed by atoms with van der Waals surface area (Å²) in [5.74, 6) is -0.309. The Morgan fingerprint density at radius 2 is 1.88 bits per heavy atom. The molecule has 1 aromatic heterocycles. The normalized spacial score (nSPS) is 9.76. The van der Waals surface area contributed by atoms with Gasteiger partial charge in [-0.3, -0.25) is 0 Å². The van der Waals surface area contributed by atoms with Gasteiger partial charge in [0.15, 0.2) is 5.69 Å². The standard InChI is InChI=1S/C12H12N2O2.Li.H/c1-8-11(12(15)16)13-9(2)14(8)10-6-4-3-5-7-10;;/h3-7H,1-2H3,(H,15,16);;/q;+1;-1. The van der Waals surface area contributed by atoms with Crippen molar-refractivity contribution in [1.82, 2.24) is 9.55 Å². The summed E-state index contributed by atoms with van der Waals surface area (Å²) in [5, 5.41) is 8.97. The molecule has 4 nitrogen and oxygen atoms in total. The van der Waals surface area contributed by atoms with Gasteiger partial charge in [0.1, 0.15) is 5.82 Å². The van der Waals surface area contributed by atoms with Crippen LogP contribution in [0.1, 0.15) is 23.4 Å². The van der Waals surface area contributed by atoms with Gasteiger partial charge in [-0.05, 0) is 26.0 Å². The molecule has 0 aliphatic carbocycles. The SMILES string of the molecule is Cc1nc(C(=O)O)c(C)n1-c1ccccc1.[H-].[Li+]. The zero-order chi connectivity index (χ0) is 11.7. The van der Waals surface area contributed by atoms with E-state index in [9.17, 15) is 4.79 Å². The number of carboxylic acids is 1. The monoisotopic (exact) mass is 224 g/mol. The summed E-state index contributed by atoms with van der Waals surface area (Å²) in [4.78, 5) is 15.0. The van der Waals surface area contributed by atoms with E-state index in [1.807, 2.05) is 34.9 Å². The number of imidazole rings is 1. The van der Waals surface area contributed by atoms with E-state index in [2.05, 4.69) is 4.98 Å². The molecule has 1 aromatic carbocycles. The Labute approximate surface area is 113 Å². The molecule has 0 saturated heterocycles. The largest absolute Gasteiger partial charge is 1.00 e. The second-order valence-electron chi connectivity index (χ2n) is 3.57. The van der Waals surface area contributed by atoms with Crippen molar-refractivity contribution in [2.45, 2.75) is 13.8 Å². The molecule has 1 heterocycles. The van der Waals surface area contributed by atoms with Gasteiger partial charge in [-0.15, -0.1) is 0 Å². The number of aromatic nitrogens is 2. The smallest absolute Gasteiger partial charge is 1.00 e. The van der Waals surface area contributed by atoms with Crippen LogP contribution < -0.4 is 18.9 Å². The zero-order valence-corrected chi connectivity index (χ0v) is 10.1. The van der Waals surface area contributed by atoms with E-state index in [0.717, 1.165) is 5.69 Å². The first kappa shape index (κ1) is 13.6. The van der Waals surface area contributed by atoms with E-state index in [1.165, 1.54) is 0 Å². The number of carboxylic acid groups (broad SMARTS) is 1. The molecule has 2 aromatic rings. The van der Waals surface area contributed by atoms with Crippen molar-refractivity contribution in [3.05, 3.63) is 47.5 Å². The minimum Gasteiger partial charge on any atom is -1.00 e. The van der Waals surface area contributed by atoms with E-state index in [1.54, 1.807) is 13.8 Å². The van der Waals surface area contributed by atoms with E-state index < -0.39 is 5.97 Å². The Morgan fingerprint density at radius 1 is 1.29 bits per heavy atom. The fourth-order valence-electron chi connectivity index (χ4n) is 1.80. The van der Waals surface area contributed by atoms with Gasteiger partial charge in [-0.2, -0.15) is 0 Å². The first-order valence-electron chi connectivity index (χ1n) is 4.96. The molecule has 5 heteroatoms. The molecular formula is C12H13LiN2O2. The molecule has 0 fully saturated rings. The van der Waals surface area contributed by atoms with Crippen LogP contribution in [0.25, 0.3) is 5.69 Å². The number of carbonyl (C=O) groups is 1. The predicted octanol–water partition coefficient (Wildman–Crippen LogP) is -0.696. The molecule has 2 rings (SSSR count). The van der Waals surface area contributed by atoms with Gasteiger partial charge in [0.25, 0.3) is 0 Å². The maximum absolute atomic E-state index is 10.9. The van der Waals surface area contributed by atoms with E-state index in [0.29, 0.717) is 11.5 Å². The maximum Gasteiger partial charge on any atom is 1.00 e. The van der Waals surface area contributed by atoms with Crippen molar-refractivity contribution >= 4 is 5.97 Å². The summed E-state index contributed by atoms with van der Waals surface area (Å²) in [5.41, 5.74) is 1.69. The molecule has 0 aliphatic heterocycles. The minimum absolute atomic E-state index is 0. The Hall–Kier alpha value is -1.50. The van der Waals surface area contributed by atoms with Crippen LogP contribution in [-0.4, -0.2) is 20.6 Å².